The van der Waals surface area contributed by atoms with E-state index in [1.807, 2.05) is 0 Å². The van der Waals surface area contributed by atoms with E-state index in [2.05, 4.69) is 0 Å². The van der Waals surface area contributed by atoms with Crippen LogP contribution in [0.1, 0.15) is 0 Å². The minimum absolute atomic E-state index is 0.0169. The third-order valence-corrected chi connectivity index (χ3v) is 4.29. The summed E-state index contributed by atoms with van der Waals surface area (Å²) in [6.45, 7) is 0. The Bertz CT molecular complexity index is 1080. The zero-order valence-corrected chi connectivity index (χ0v) is 16.1. The number of phenols is 1. The maximum Gasteiger partial charge on any atom is 0.239 e. The maximum atomic E-state index is 13.2. The van der Waals surface area contributed by atoms with Crippen LogP contribution in [0.25, 0.3) is 22.3 Å². The Labute approximate surface area is 160 Å². The van der Waals surface area contributed by atoms with Gasteiger partial charge in [0.1, 0.15) is 11.1 Å². The number of hydrogen-bond donors (Lipinski definition) is 1. The van der Waals surface area contributed by atoms with Crippen molar-refractivity contribution in [2.24, 2.45) is 0 Å². The quantitative estimate of drug-likeness (QED) is 0.688. The van der Waals surface area contributed by atoms with Crippen LogP contribution in [0, 0.1) is 0 Å². The summed E-state index contributed by atoms with van der Waals surface area (Å²) in [5.41, 5.74) is -0.115. The summed E-state index contributed by atoms with van der Waals surface area (Å²) < 4.78 is 32.3. The van der Waals surface area contributed by atoms with Crippen LogP contribution in [0.3, 0.4) is 0 Å². The normalized spacial score (nSPS) is 10.6. The van der Waals surface area contributed by atoms with E-state index >= 15 is 0 Å². The average molecular weight is 388 g/mol. The molecule has 2 aromatic carbocycles. The van der Waals surface area contributed by atoms with E-state index in [-0.39, 0.29) is 45.5 Å². The minimum Gasteiger partial charge on any atom is -0.502 e. The van der Waals surface area contributed by atoms with Gasteiger partial charge < -0.3 is 33.2 Å². The Morgan fingerprint density at radius 1 is 0.821 bits per heavy atom. The molecule has 0 aliphatic rings. The Morgan fingerprint density at radius 2 is 1.46 bits per heavy atom. The van der Waals surface area contributed by atoms with Crippen LogP contribution in [-0.2, 0) is 0 Å². The van der Waals surface area contributed by atoms with Crippen molar-refractivity contribution in [3.8, 4) is 45.8 Å². The van der Waals surface area contributed by atoms with Crippen LogP contribution in [0.2, 0.25) is 0 Å². The summed E-state index contributed by atoms with van der Waals surface area (Å²) in [7, 11) is 6.98. The van der Waals surface area contributed by atoms with Crippen LogP contribution in [0.5, 0.6) is 34.5 Å². The first-order chi connectivity index (χ1) is 13.5. The standard InChI is InChI=1S/C20H20O8/c1-23-11-8-6-7-10(9-11)15-18(25-3)13(21)12-16(28-15)14(22)19(26-4)20(27-5)17(12)24-2/h6-9,22H,1-5H3. The fourth-order valence-electron chi connectivity index (χ4n) is 3.03. The molecule has 1 N–H and O–H groups in total. The molecule has 0 saturated heterocycles. The van der Waals surface area contributed by atoms with Gasteiger partial charge in [0, 0.05) is 5.56 Å². The smallest absolute Gasteiger partial charge is 0.239 e. The third-order valence-electron chi connectivity index (χ3n) is 4.29. The number of ether oxygens (including phenoxy) is 5. The molecular weight excluding hydrogens is 368 g/mol. The van der Waals surface area contributed by atoms with Gasteiger partial charge in [-0.15, -0.1) is 0 Å². The van der Waals surface area contributed by atoms with Gasteiger partial charge in [-0.3, -0.25) is 4.79 Å². The van der Waals surface area contributed by atoms with Crippen molar-refractivity contribution in [2.45, 2.75) is 0 Å². The van der Waals surface area contributed by atoms with Crippen molar-refractivity contribution in [2.75, 3.05) is 35.5 Å². The molecule has 0 saturated carbocycles. The molecule has 0 unspecified atom stereocenters. The van der Waals surface area contributed by atoms with Crippen LogP contribution < -0.4 is 29.1 Å². The predicted octanol–water partition coefficient (Wildman–Crippen LogP) is 3.21. The molecule has 3 rings (SSSR count). The molecule has 1 aromatic heterocycles. The van der Waals surface area contributed by atoms with Gasteiger partial charge in [-0.25, -0.2) is 0 Å². The first-order valence-corrected chi connectivity index (χ1v) is 8.22. The van der Waals surface area contributed by atoms with Gasteiger partial charge in [-0.1, -0.05) is 12.1 Å². The fraction of sp³-hybridized carbons (Fsp3) is 0.250. The summed E-state index contributed by atoms with van der Waals surface area (Å²) in [4.78, 5) is 13.2. The second kappa shape index (κ2) is 7.59. The Kier molecular flexibility index (Phi) is 5.21. The highest BCUT2D eigenvalue weighted by molar-refractivity contribution is 5.96. The second-order valence-corrected chi connectivity index (χ2v) is 5.68. The van der Waals surface area contributed by atoms with Crippen molar-refractivity contribution < 1.29 is 33.2 Å². The molecule has 0 aliphatic heterocycles. The zero-order chi connectivity index (χ0) is 20.4. The van der Waals surface area contributed by atoms with Gasteiger partial charge >= 0.3 is 0 Å². The maximum absolute atomic E-state index is 13.2. The molecule has 0 spiro atoms. The molecule has 3 aromatic rings. The lowest BCUT2D eigenvalue weighted by Crippen LogP contribution is -2.10. The first-order valence-electron chi connectivity index (χ1n) is 8.22. The fourth-order valence-corrected chi connectivity index (χ4v) is 3.03. The molecule has 0 radical (unpaired) electrons. The Balaban J connectivity index is 2.50. The number of benzene rings is 2. The van der Waals surface area contributed by atoms with Gasteiger partial charge in [0.2, 0.25) is 28.4 Å². The molecule has 0 bridgehead atoms. The van der Waals surface area contributed by atoms with Gasteiger partial charge in [0.15, 0.2) is 17.1 Å². The summed E-state index contributed by atoms with van der Waals surface area (Å²) >= 11 is 0. The zero-order valence-electron chi connectivity index (χ0n) is 16.1. The Morgan fingerprint density at radius 3 is 2.04 bits per heavy atom. The Hall–Kier alpha value is -3.55. The SMILES string of the molecule is COc1cccc(-c2oc3c(O)c(OC)c(OC)c(OC)c3c(=O)c2OC)c1. The average Bonchev–Trinajstić information content (AvgIpc) is 2.73. The van der Waals surface area contributed by atoms with Crippen LogP contribution in [0.4, 0.5) is 0 Å². The predicted molar refractivity (Wildman–Crippen MR) is 102 cm³/mol. The van der Waals surface area contributed by atoms with Crippen LogP contribution in [-0.4, -0.2) is 40.7 Å². The van der Waals surface area contributed by atoms with E-state index in [0.29, 0.717) is 11.3 Å². The van der Waals surface area contributed by atoms with Gasteiger partial charge in [0.05, 0.1) is 35.5 Å². The van der Waals surface area contributed by atoms with E-state index in [1.165, 1.54) is 35.5 Å². The van der Waals surface area contributed by atoms with Crippen LogP contribution >= 0.6 is 0 Å². The van der Waals surface area contributed by atoms with Crippen molar-refractivity contribution in [1.82, 2.24) is 0 Å². The monoisotopic (exact) mass is 388 g/mol. The van der Waals surface area contributed by atoms with Crippen molar-refractivity contribution in [1.29, 1.82) is 0 Å². The molecule has 8 heteroatoms. The summed E-state index contributed by atoms with van der Waals surface area (Å²) in [5, 5.41) is 10.7. The number of aromatic hydroxyl groups is 1. The molecule has 0 fully saturated rings. The molecule has 0 amide bonds. The topological polar surface area (TPSA) is 96.6 Å². The van der Waals surface area contributed by atoms with Crippen molar-refractivity contribution in [3.63, 3.8) is 0 Å². The largest absolute Gasteiger partial charge is 0.502 e. The highest BCUT2D eigenvalue weighted by atomic mass is 16.5. The number of rotatable bonds is 6. The number of methoxy groups -OCH3 is 5. The van der Waals surface area contributed by atoms with E-state index in [0.717, 1.165) is 0 Å². The van der Waals surface area contributed by atoms with Gasteiger partial charge in [0.25, 0.3) is 0 Å². The first kappa shape index (κ1) is 19.2. The van der Waals surface area contributed by atoms with E-state index < -0.39 is 5.43 Å². The lowest BCUT2D eigenvalue weighted by atomic mass is 10.1. The van der Waals surface area contributed by atoms with Crippen LogP contribution in [0.15, 0.2) is 33.5 Å². The van der Waals surface area contributed by atoms with E-state index in [1.54, 1.807) is 24.3 Å². The summed E-state index contributed by atoms with van der Waals surface area (Å²) in [6.07, 6.45) is 0. The summed E-state index contributed by atoms with van der Waals surface area (Å²) in [5.74, 6) is 0.372. The molecule has 1 heterocycles. The lowest BCUT2D eigenvalue weighted by Gasteiger charge is -2.17. The highest BCUT2D eigenvalue weighted by Gasteiger charge is 2.29. The number of phenolic OH excluding ortho intramolecular Hbond substituents is 1. The molecule has 0 atom stereocenters. The van der Waals surface area contributed by atoms with Crippen molar-refractivity contribution in [3.05, 3.63) is 34.5 Å². The van der Waals surface area contributed by atoms with Crippen molar-refractivity contribution >= 4 is 11.0 Å². The third kappa shape index (κ3) is 2.83. The lowest BCUT2D eigenvalue weighted by molar-refractivity contribution is 0.311. The molecular formula is C20H20O8. The molecule has 0 aliphatic carbocycles. The molecule has 28 heavy (non-hydrogen) atoms. The van der Waals surface area contributed by atoms with Gasteiger partial charge in [-0.05, 0) is 12.1 Å². The highest BCUT2D eigenvalue weighted by Crippen LogP contribution is 2.50. The summed E-state index contributed by atoms with van der Waals surface area (Å²) in [6, 6.07) is 6.90. The minimum atomic E-state index is -0.533. The number of fused-ring (bicyclic) bond motifs is 1. The number of hydrogen-bond acceptors (Lipinski definition) is 8. The molecule has 148 valence electrons. The van der Waals surface area contributed by atoms with E-state index in [9.17, 15) is 9.90 Å². The second-order valence-electron chi connectivity index (χ2n) is 5.68. The molecule has 8 nitrogen and oxygen atoms in total. The van der Waals surface area contributed by atoms with Gasteiger partial charge in [-0.2, -0.15) is 0 Å². The van der Waals surface area contributed by atoms with E-state index in [4.69, 9.17) is 28.1 Å².